The van der Waals surface area contributed by atoms with Gasteiger partial charge in [-0.2, -0.15) is 0 Å². The predicted octanol–water partition coefficient (Wildman–Crippen LogP) is 2.21. The maximum Gasteiger partial charge on any atom is 0.315 e. The molecule has 3 atom stereocenters. The molecule has 1 aliphatic rings. The fraction of sp³-hybridized carbons (Fsp3) is 0.632. The van der Waals surface area contributed by atoms with Crippen LogP contribution in [0.2, 0.25) is 0 Å². The van der Waals surface area contributed by atoms with Gasteiger partial charge in [-0.25, -0.2) is 4.79 Å². The number of carbonyl (C=O) groups excluding carboxylic acids is 2. The molecule has 1 saturated carbocycles. The first-order valence-corrected chi connectivity index (χ1v) is 9.15. The molecule has 2 N–H and O–H groups in total. The Morgan fingerprint density at radius 1 is 1.28 bits per heavy atom. The number of rotatable bonds is 6. The van der Waals surface area contributed by atoms with Gasteiger partial charge in [-0.3, -0.25) is 9.78 Å². The summed E-state index contributed by atoms with van der Waals surface area (Å²) in [5.74, 6) is 0.991. The van der Waals surface area contributed by atoms with E-state index in [9.17, 15) is 9.59 Å². The number of amides is 3. The summed E-state index contributed by atoms with van der Waals surface area (Å²) in [6.07, 6.45) is 5.83. The number of pyridine rings is 1. The lowest BCUT2D eigenvalue weighted by Gasteiger charge is -2.34. The molecule has 0 aromatic carbocycles. The lowest BCUT2D eigenvalue weighted by Crippen LogP contribution is -2.49. The third-order valence-corrected chi connectivity index (χ3v) is 5.28. The van der Waals surface area contributed by atoms with Gasteiger partial charge < -0.3 is 15.5 Å². The molecule has 0 bridgehead atoms. The molecule has 6 heteroatoms. The molecule has 0 aliphatic heterocycles. The number of nitrogens with zero attached hydrogens (tertiary/aromatic N) is 2. The Hall–Kier alpha value is -2.11. The van der Waals surface area contributed by atoms with E-state index >= 15 is 0 Å². The normalized spacial score (nSPS) is 22.9. The van der Waals surface area contributed by atoms with Gasteiger partial charge in [0.15, 0.2) is 0 Å². The van der Waals surface area contributed by atoms with E-state index in [0.717, 1.165) is 18.5 Å². The first-order chi connectivity index (χ1) is 12.0. The quantitative estimate of drug-likeness (QED) is 0.829. The van der Waals surface area contributed by atoms with Crippen molar-refractivity contribution < 1.29 is 9.59 Å². The monoisotopic (exact) mass is 346 g/mol. The first-order valence-electron chi connectivity index (χ1n) is 9.15. The second kappa shape index (κ2) is 9.39. The highest BCUT2D eigenvalue weighted by molar-refractivity contribution is 5.83. The van der Waals surface area contributed by atoms with Crippen molar-refractivity contribution in [3.63, 3.8) is 0 Å². The Bertz CT molecular complexity index is 564. The average Bonchev–Trinajstić information content (AvgIpc) is 2.62. The topological polar surface area (TPSA) is 74.3 Å². The number of carbonyl (C=O) groups is 2. The van der Waals surface area contributed by atoms with E-state index in [1.165, 1.54) is 6.42 Å². The molecule has 0 unspecified atom stereocenters. The zero-order chi connectivity index (χ0) is 18.2. The standard InChI is InChI=1S/C19H30N4O2/c1-14-7-6-9-17(15(14)2)22-19(25)21-13-18(24)23(3)12-10-16-8-4-5-11-20-16/h4-5,8,11,14-15,17H,6-7,9-10,12-13H2,1-3H3,(H2,21,22,25)/t14-,15-,17+/m1/s1. The van der Waals surface area contributed by atoms with E-state index in [2.05, 4.69) is 29.5 Å². The Labute approximate surface area is 150 Å². The van der Waals surface area contributed by atoms with E-state index in [1.807, 2.05) is 18.2 Å². The zero-order valence-corrected chi connectivity index (χ0v) is 15.5. The van der Waals surface area contributed by atoms with Gasteiger partial charge in [0.05, 0.1) is 6.54 Å². The molecule has 1 aromatic heterocycles. The second-order valence-electron chi connectivity index (χ2n) is 7.09. The Kier molecular flexibility index (Phi) is 7.22. The van der Waals surface area contributed by atoms with Crippen LogP contribution in [0.1, 0.15) is 38.8 Å². The van der Waals surface area contributed by atoms with Crippen LogP contribution in [-0.2, 0) is 11.2 Å². The van der Waals surface area contributed by atoms with Gasteiger partial charge in [0.25, 0.3) is 0 Å². The molecule has 0 radical (unpaired) electrons. The highest BCUT2D eigenvalue weighted by Crippen LogP contribution is 2.29. The van der Waals surface area contributed by atoms with Crippen LogP contribution in [0.3, 0.4) is 0 Å². The van der Waals surface area contributed by atoms with Crippen molar-refractivity contribution in [3.05, 3.63) is 30.1 Å². The van der Waals surface area contributed by atoms with Crippen LogP contribution in [0, 0.1) is 11.8 Å². The lowest BCUT2D eigenvalue weighted by molar-refractivity contribution is -0.128. The van der Waals surface area contributed by atoms with Gasteiger partial charge in [-0.05, 0) is 30.4 Å². The Morgan fingerprint density at radius 2 is 2.08 bits per heavy atom. The van der Waals surface area contributed by atoms with Gasteiger partial charge in [0, 0.05) is 37.9 Å². The fourth-order valence-electron chi connectivity index (χ4n) is 3.25. The van der Waals surface area contributed by atoms with Gasteiger partial charge in [-0.15, -0.1) is 0 Å². The summed E-state index contributed by atoms with van der Waals surface area (Å²) in [5.41, 5.74) is 0.952. The first kappa shape index (κ1) is 19.2. The van der Waals surface area contributed by atoms with Crippen LogP contribution in [0.5, 0.6) is 0 Å². The number of nitrogens with one attached hydrogen (secondary N) is 2. The largest absolute Gasteiger partial charge is 0.344 e. The smallest absolute Gasteiger partial charge is 0.315 e. The highest BCUT2D eigenvalue weighted by Gasteiger charge is 2.28. The summed E-state index contributed by atoms with van der Waals surface area (Å²) >= 11 is 0. The molecule has 138 valence electrons. The van der Waals surface area contributed by atoms with Crippen LogP contribution in [0.25, 0.3) is 0 Å². The number of aromatic nitrogens is 1. The molecule has 1 fully saturated rings. The average molecular weight is 346 g/mol. The highest BCUT2D eigenvalue weighted by atomic mass is 16.2. The van der Waals surface area contributed by atoms with Crippen LogP contribution < -0.4 is 10.6 Å². The molecule has 1 aliphatic carbocycles. The molecule has 25 heavy (non-hydrogen) atoms. The van der Waals surface area contributed by atoms with Crippen molar-refractivity contribution >= 4 is 11.9 Å². The van der Waals surface area contributed by atoms with Crippen molar-refractivity contribution in [2.45, 2.75) is 45.6 Å². The molecule has 0 saturated heterocycles. The second-order valence-corrected chi connectivity index (χ2v) is 7.09. The van der Waals surface area contributed by atoms with Gasteiger partial charge >= 0.3 is 6.03 Å². The Morgan fingerprint density at radius 3 is 2.80 bits per heavy atom. The van der Waals surface area contributed by atoms with E-state index in [-0.39, 0.29) is 24.5 Å². The third-order valence-electron chi connectivity index (χ3n) is 5.28. The maximum atomic E-state index is 12.1. The number of hydrogen-bond acceptors (Lipinski definition) is 3. The molecular weight excluding hydrogens is 316 g/mol. The molecule has 1 heterocycles. The third kappa shape index (κ3) is 6.03. The summed E-state index contributed by atoms with van der Waals surface area (Å²) in [7, 11) is 1.75. The lowest BCUT2D eigenvalue weighted by atomic mass is 9.78. The van der Waals surface area contributed by atoms with Crippen LogP contribution in [-0.4, -0.2) is 48.0 Å². The van der Waals surface area contributed by atoms with Gasteiger partial charge in [0.2, 0.25) is 5.91 Å². The van der Waals surface area contributed by atoms with Crippen molar-refractivity contribution in [1.82, 2.24) is 20.5 Å². The molecule has 3 amide bonds. The fourth-order valence-corrected chi connectivity index (χ4v) is 3.25. The summed E-state index contributed by atoms with van der Waals surface area (Å²) in [6, 6.07) is 5.69. The zero-order valence-electron chi connectivity index (χ0n) is 15.5. The predicted molar refractivity (Wildman–Crippen MR) is 98.1 cm³/mol. The molecule has 2 rings (SSSR count). The summed E-state index contributed by atoms with van der Waals surface area (Å²) in [4.78, 5) is 30.1. The number of hydrogen-bond donors (Lipinski definition) is 2. The van der Waals surface area contributed by atoms with Crippen LogP contribution >= 0.6 is 0 Å². The molecular formula is C19H30N4O2. The summed E-state index contributed by atoms with van der Waals surface area (Å²) in [6.45, 7) is 5.01. The van der Waals surface area contributed by atoms with Crippen LogP contribution in [0.4, 0.5) is 4.79 Å². The van der Waals surface area contributed by atoms with Crippen molar-refractivity contribution in [2.75, 3.05) is 20.1 Å². The SMILES string of the molecule is C[C@@H]1[C@H](C)CCC[C@@H]1NC(=O)NCC(=O)N(C)CCc1ccccn1. The Balaban J connectivity index is 1.68. The van der Waals surface area contributed by atoms with E-state index in [0.29, 0.717) is 24.8 Å². The molecule has 0 spiro atoms. The van der Waals surface area contributed by atoms with E-state index < -0.39 is 0 Å². The molecule has 6 nitrogen and oxygen atoms in total. The van der Waals surface area contributed by atoms with E-state index in [4.69, 9.17) is 0 Å². The minimum Gasteiger partial charge on any atom is -0.344 e. The van der Waals surface area contributed by atoms with Crippen molar-refractivity contribution in [2.24, 2.45) is 11.8 Å². The number of likely N-dealkylation sites (N-methyl/N-ethyl adjacent to an activating group) is 1. The molecule has 1 aromatic rings. The van der Waals surface area contributed by atoms with Gasteiger partial charge in [0.1, 0.15) is 0 Å². The van der Waals surface area contributed by atoms with Gasteiger partial charge in [-0.1, -0.05) is 32.8 Å². The number of urea groups is 1. The minimum absolute atomic E-state index is 0.0151. The van der Waals surface area contributed by atoms with Crippen molar-refractivity contribution in [3.8, 4) is 0 Å². The summed E-state index contributed by atoms with van der Waals surface area (Å²) in [5, 5.41) is 5.71. The summed E-state index contributed by atoms with van der Waals surface area (Å²) < 4.78 is 0. The maximum absolute atomic E-state index is 12.1. The van der Waals surface area contributed by atoms with Crippen LogP contribution in [0.15, 0.2) is 24.4 Å². The van der Waals surface area contributed by atoms with E-state index in [1.54, 1.807) is 18.1 Å². The van der Waals surface area contributed by atoms with Crippen molar-refractivity contribution in [1.29, 1.82) is 0 Å². The minimum atomic E-state index is -0.252.